The minimum Gasteiger partial charge on any atom is -0.357 e. The number of anilines is 1. The van der Waals surface area contributed by atoms with Crippen molar-refractivity contribution in [1.82, 2.24) is 10.6 Å². The SMILES string of the molecule is CCNC(=NCc1ccc(N2CCCC2=O)cc1)NCc1ccc(C)s1. The molecular formula is C20H26N4OS. The van der Waals surface area contributed by atoms with Gasteiger partial charge in [-0.15, -0.1) is 11.3 Å². The zero-order chi connectivity index (χ0) is 18.4. The summed E-state index contributed by atoms with van der Waals surface area (Å²) in [5.74, 6) is 1.04. The summed E-state index contributed by atoms with van der Waals surface area (Å²) < 4.78 is 0. The van der Waals surface area contributed by atoms with Crippen LogP contribution in [0.5, 0.6) is 0 Å². The van der Waals surface area contributed by atoms with Crippen LogP contribution < -0.4 is 15.5 Å². The molecule has 0 saturated carbocycles. The Morgan fingerprint density at radius 1 is 1.19 bits per heavy atom. The summed E-state index contributed by atoms with van der Waals surface area (Å²) in [6.45, 7) is 7.22. The van der Waals surface area contributed by atoms with Gasteiger partial charge in [0.1, 0.15) is 0 Å². The van der Waals surface area contributed by atoms with Crippen molar-refractivity contribution in [3.05, 3.63) is 51.7 Å². The average molecular weight is 371 g/mol. The molecule has 2 heterocycles. The first-order valence-electron chi connectivity index (χ1n) is 9.12. The fourth-order valence-corrected chi connectivity index (χ4v) is 3.80. The summed E-state index contributed by atoms with van der Waals surface area (Å²) in [7, 11) is 0. The summed E-state index contributed by atoms with van der Waals surface area (Å²) in [4.78, 5) is 21.0. The van der Waals surface area contributed by atoms with Crippen molar-refractivity contribution in [2.45, 2.75) is 39.8 Å². The van der Waals surface area contributed by atoms with Crippen LogP contribution in [-0.4, -0.2) is 25.0 Å². The van der Waals surface area contributed by atoms with Crippen molar-refractivity contribution in [2.75, 3.05) is 18.0 Å². The van der Waals surface area contributed by atoms with Gasteiger partial charge >= 0.3 is 0 Å². The third-order valence-electron chi connectivity index (χ3n) is 4.31. The van der Waals surface area contributed by atoms with E-state index in [-0.39, 0.29) is 5.91 Å². The fraction of sp³-hybridized carbons (Fsp3) is 0.400. The van der Waals surface area contributed by atoms with Crippen molar-refractivity contribution in [2.24, 2.45) is 4.99 Å². The molecule has 26 heavy (non-hydrogen) atoms. The van der Waals surface area contributed by atoms with Gasteiger partial charge in [-0.1, -0.05) is 12.1 Å². The van der Waals surface area contributed by atoms with Crippen LogP contribution in [0.25, 0.3) is 0 Å². The molecule has 0 unspecified atom stereocenters. The number of aryl methyl sites for hydroxylation is 1. The molecule has 6 heteroatoms. The highest BCUT2D eigenvalue weighted by Crippen LogP contribution is 2.21. The molecule has 1 amide bonds. The normalized spacial score (nSPS) is 14.8. The predicted molar refractivity (Wildman–Crippen MR) is 109 cm³/mol. The van der Waals surface area contributed by atoms with E-state index in [9.17, 15) is 4.79 Å². The molecule has 1 aromatic carbocycles. The van der Waals surface area contributed by atoms with Crippen LogP contribution in [0.3, 0.4) is 0 Å². The Kier molecular flexibility index (Phi) is 6.28. The number of carbonyl (C=O) groups excluding carboxylic acids is 1. The third-order valence-corrected chi connectivity index (χ3v) is 5.31. The topological polar surface area (TPSA) is 56.7 Å². The number of amides is 1. The standard InChI is InChI=1S/C20H26N4OS/c1-3-21-20(23-14-18-11-6-15(2)26-18)22-13-16-7-9-17(10-8-16)24-12-4-5-19(24)25/h6-11H,3-5,12-14H2,1-2H3,(H2,21,22,23). The average Bonchev–Trinajstić information content (AvgIpc) is 3.26. The van der Waals surface area contributed by atoms with E-state index in [4.69, 9.17) is 0 Å². The Morgan fingerprint density at radius 2 is 2.00 bits per heavy atom. The van der Waals surface area contributed by atoms with Gasteiger partial charge < -0.3 is 15.5 Å². The van der Waals surface area contributed by atoms with E-state index in [1.165, 1.54) is 9.75 Å². The number of hydrogen-bond donors (Lipinski definition) is 2. The molecule has 138 valence electrons. The van der Waals surface area contributed by atoms with Gasteiger partial charge in [0.25, 0.3) is 0 Å². The maximum atomic E-state index is 11.8. The largest absolute Gasteiger partial charge is 0.357 e. The van der Waals surface area contributed by atoms with Gasteiger partial charge in [-0.2, -0.15) is 0 Å². The lowest BCUT2D eigenvalue weighted by Crippen LogP contribution is -2.36. The van der Waals surface area contributed by atoms with Crippen LogP contribution in [0.1, 0.15) is 35.1 Å². The zero-order valence-corrected chi connectivity index (χ0v) is 16.2. The molecule has 3 rings (SSSR count). The number of rotatable bonds is 6. The predicted octanol–water partition coefficient (Wildman–Crippen LogP) is 3.44. The Balaban J connectivity index is 1.58. The Morgan fingerprint density at radius 3 is 2.62 bits per heavy atom. The fourth-order valence-electron chi connectivity index (χ4n) is 2.97. The smallest absolute Gasteiger partial charge is 0.227 e. The van der Waals surface area contributed by atoms with E-state index < -0.39 is 0 Å². The highest BCUT2D eigenvalue weighted by Gasteiger charge is 2.21. The lowest BCUT2D eigenvalue weighted by atomic mass is 10.2. The monoisotopic (exact) mass is 370 g/mol. The molecule has 1 fully saturated rings. The molecule has 0 aliphatic carbocycles. The number of guanidine groups is 1. The molecule has 0 bridgehead atoms. The quantitative estimate of drug-likeness (QED) is 0.605. The molecule has 1 saturated heterocycles. The molecule has 1 aromatic heterocycles. The number of carbonyl (C=O) groups is 1. The van der Waals surface area contributed by atoms with E-state index >= 15 is 0 Å². The Hall–Kier alpha value is -2.34. The maximum absolute atomic E-state index is 11.8. The number of aliphatic imine (C=N–C) groups is 1. The van der Waals surface area contributed by atoms with Crippen molar-refractivity contribution < 1.29 is 4.79 Å². The first-order chi connectivity index (χ1) is 12.7. The van der Waals surface area contributed by atoms with Gasteiger partial charge in [0.05, 0.1) is 13.1 Å². The zero-order valence-electron chi connectivity index (χ0n) is 15.4. The second-order valence-corrected chi connectivity index (χ2v) is 7.75. The maximum Gasteiger partial charge on any atom is 0.227 e. The lowest BCUT2D eigenvalue weighted by molar-refractivity contribution is -0.117. The second-order valence-electron chi connectivity index (χ2n) is 6.38. The summed E-state index contributed by atoms with van der Waals surface area (Å²) in [5.41, 5.74) is 2.11. The molecule has 0 spiro atoms. The molecular weight excluding hydrogens is 344 g/mol. The van der Waals surface area contributed by atoms with Crippen LogP contribution >= 0.6 is 11.3 Å². The number of nitrogens with zero attached hydrogens (tertiary/aromatic N) is 2. The highest BCUT2D eigenvalue weighted by atomic mass is 32.1. The van der Waals surface area contributed by atoms with E-state index in [0.29, 0.717) is 13.0 Å². The molecule has 2 N–H and O–H groups in total. The van der Waals surface area contributed by atoms with Crippen molar-refractivity contribution in [3.63, 3.8) is 0 Å². The summed E-state index contributed by atoms with van der Waals surface area (Å²) >= 11 is 1.80. The van der Waals surface area contributed by atoms with Gasteiger partial charge in [0, 0.05) is 35.0 Å². The van der Waals surface area contributed by atoms with Crippen molar-refractivity contribution in [1.29, 1.82) is 0 Å². The second kappa shape index (κ2) is 8.85. The van der Waals surface area contributed by atoms with E-state index in [1.54, 1.807) is 11.3 Å². The molecule has 0 radical (unpaired) electrons. The molecule has 1 aliphatic rings. The molecule has 2 aromatic rings. The van der Waals surface area contributed by atoms with E-state index in [0.717, 1.165) is 43.3 Å². The molecule has 5 nitrogen and oxygen atoms in total. The van der Waals surface area contributed by atoms with Gasteiger partial charge in [0.2, 0.25) is 5.91 Å². The van der Waals surface area contributed by atoms with E-state index in [2.05, 4.69) is 53.7 Å². The van der Waals surface area contributed by atoms with Crippen molar-refractivity contribution in [3.8, 4) is 0 Å². The van der Waals surface area contributed by atoms with E-state index in [1.807, 2.05) is 17.0 Å². The minimum atomic E-state index is 0.221. The lowest BCUT2D eigenvalue weighted by Gasteiger charge is -2.15. The number of hydrogen-bond acceptors (Lipinski definition) is 3. The van der Waals surface area contributed by atoms with Gasteiger partial charge in [0.15, 0.2) is 5.96 Å². The first kappa shape index (κ1) is 18.5. The number of thiophene rings is 1. The summed E-state index contributed by atoms with van der Waals surface area (Å²) in [6.07, 6.45) is 1.61. The Labute approximate surface area is 159 Å². The summed E-state index contributed by atoms with van der Waals surface area (Å²) in [5, 5.41) is 6.66. The first-order valence-corrected chi connectivity index (χ1v) is 9.94. The van der Waals surface area contributed by atoms with Crippen LogP contribution in [0.4, 0.5) is 5.69 Å². The summed E-state index contributed by atoms with van der Waals surface area (Å²) in [6, 6.07) is 12.4. The number of nitrogens with one attached hydrogen (secondary N) is 2. The van der Waals surface area contributed by atoms with Crippen molar-refractivity contribution >= 4 is 28.9 Å². The van der Waals surface area contributed by atoms with Gasteiger partial charge in [-0.3, -0.25) is 4.79 Å². The molecule has 0 atom stereocenters. The Bertz CT molecular complexity index is 766. The van der Waals surface area contributed by atoms with Crippen LogP contribution in [0, 0.1) is 6.92 Å². The van der Waals surface area contributed by atoms with Gasteiger partial charge in [-0.25, -0.2) is 4.99 Å². The molecule has 1 aliphatic heterocycles. The van der Waals surface area contributed by atoms with Crippen LogP contribution in [0.15, 0.2) is 41.4 Å². The highest BCUT2D eigenvalue weighted by molar-refractivity contribution is 7.11. The van der Waals surface area contributed by atoms with Crippen LogP contribution in [-0.2, 0) is 17.9 Å². The number of benzene rings is 1. The third kappa shape index (κ3) is 4.85. The van der Waals surface area contributed by atoms with Crippen LogP contribution in [0.2, 0.25) is 0 Å². The van der Waals surface area contributed by atoms with Gasteiger partial charge in [-0.05, 0) is 50.1 Å². The minimum absolute atomic E-state index is 0.221.